The zero-order chi connectivity index (χ0) is 55.0. The summed E-state index contributed by atoms with van der Waals surface area (Å²) in [5, 5.41) is 0. The van der Waals surface area contributed by atoms with Gasteiger partial charge in [0.25, 0.3) is 0 Å². The van der Waals surface area contributed by atoms with Crippen molar-refractivity contribution in [3.63, 3.8) is 0 Å². The molecule has 0 radical (unpaired) electrons. The van der Waals surface area contributed by atoms with E-state index in [2.05, 4.69) is 69.4 Å². The Bertz CT molecular complexity index is 1310. The highest BCUT2D eigenvalue weighted by atomic mass is 16.6. The molecule has 0 amide bonds. The van der Waals surface area contributed by atoms with E-state index < -0.39 is 6.10 Å². The number of esters is 3. The highest BCUT2D eigenvalue weighted by molar-refractivity contribution is 5.71. The van der Waals surface area contributed by atoms with Crippen LogP contribution in [-0.2, 0) is 28.6 Å². The van der Waals surface area contributed by atoms with E-state index in [0.29, 0.717) is 19.3 Å². The van der Waals surface area contributed by atoms with Crippen molar-refractivity contribution in [3.8, 4) is 0 Å². The fourth-order valence-corrected chi connectivity index (χ4v) is 9.98. The van der Waals surface area contributed by atoms with Gasteiger partial charge in [-0.2, -0.15) is 0 Å². The van der Waals surface area contributed by atoms with Gasteiger partial charge in [-0.1, -0.05) is 307 Å². The molecule has 6 heteroatoms. The SMILES string of the molecule is CCCCCC/C=C\C/C=C\CCCCCCCCCC(=O)OC(COC(=O)CCCCCCCCCCCCCCC/C=C\C/C=C\CCCCCCC)COC(=O)CCCCCCCCCCCCCCCCC. The summed E-state index contributed by atoms with van der Waals surface area (Å²) in [6.07, 6.45) is 81.2. The van der Waals surface area contributed by atoms with Crippen LogP contribution in [0.25, 0.3) is 0 Å². The third-order valence-corrected chi connectivity index (χ3v) is 15.1. The summed E-state index contributed by atoms with van der Waals surface area (Å²) < 4.78 is 17.0. The smallest absolute Gasteiger partial charge is 0.306 e. The van der Waals surface area contributed by atoms with Gasteiger partial charge in [0.15, 0.2) is 6.10 Å². The van der Waals surface area contributed by atoms with Gasteiger partial charge in [0, 0.05) is 19.3 Å². The fraction of sp³-hybridized carbons (Fsp3) is 0.843. The van der Waals surface area contributed by atoms with Crippen molar-refractivity contribution in [3.05, 3.63) is 48.6 Å². The summed E-state index contributed by atoms with van der Waals surface area (Å²) in [7, 11) is 0. The highest BCUT2D eigenvalue weighted by Crippen LogP contribution is 2.17. The molecular weight excluding hydrogens is 937 g/mol. The molecule has 0 aromatic rings. The number of allylic oxidation sites excluding steroid dienone is 8. The average Bonchev–Trinajstić information content (AvgIpc) is 3.42. The van der Waals surface area contributed by atoms with Crippen LogP contribution in [0.2, 0.25) is 0 Å². The minimum absolute atomic E-state index is 0.0722. The number of carbonyl (C=O) groups is 3. The second-order valence-electron chi connectivity index (χ2n) is 22.7. The Morgan fingerprint density at radius 2 is 0.474 bits per heavy atom. The predicted molar refractivity (Wildman–Crippen MR) is 330 cm³/mol. The number of ether oxygens (including phenoxy) is 3. The van der Waals surface area contributed by atoms with Gasteiger partial charge >= 0.3 is 17.9 Å². The van der Waals surface area contributed by atoms with Gasteiger partial charge in [-0.15, -0.1) is 0 Å². The van der Waals surface area contributed by atoms with Gasteiger partial charge < -0.3 is 14.2 Å². The summed E-state index contributed by atoms with van der Waals surface area (Å²) in [6, 6.07) is 0. The minimum Gasteiger partial charge on any atom is -0.462 e. The van der Waals surface area contributed by atoms with Crippen LogP contribution in [0.1, 0.15) is 361 Å². The fourth-order valence-electron chi connectivity index (χ4n) is 9.98. The van der Waals surface area contributed by atoms with E-state index in [1.807, 2.05) is 0 Å². The molecule has 0 aliphatic carbocycles. The van der Waals surface area contributed by atoms with Crippen LogP contribution < -0.4 is 0 Å². The van der Waals surface area contributed by atoms with Gasteiger partial charge in [-0.05, 0) is 83.5 Å². The van der Waals surface area contributed by atoms with Gasteiger partial charge in [0.1, 0.15) is 13.2 Å². The lowest BCUT2D eigenvalue weighted by Gasteiger charge is -2.18. The van der Waals surface area contributed by atoms with E-state index in [9.17, 15) is 14.4 Å². The molecule has 0 saturated carbocycles. The standard InChI is InChI=1S/C70H128O6/c1-4-7-10-13-16-19-22-25-28-30-32-33-34-35-36-37-38-40-42-45-48-51-54-57-60-63-69(72)75-66-67(65-74-68(71)62-59-56-53-50-47-44-41-27-24-21-18-15-12-9-6-3)76-70(73)64-61-58-55-52-49-46-43-39-31-29-26-23-20-17-14-11-8-5-2/h20,22-23,25,29-32,67H,4-19,21,24,26-28,33-66H2,1-3H3/b23-20-,25-22-,31-29-,32-30-. The molecule has 0 aliphatic rings. The maximum absolute atomic E-state index is 12.9. The van der Waals surface area contributed by atoms with Crippen molar-refractivity contribution in [2.75, 3.05) is 13.2 Å². The van der Waals surface area contributed by atoms with Crippen molar-refractivity contribution >= 4 is 17.9 Å². The van der Waals surface area contributed by atoms with E-state index in [1.165, 1.54) is 244 Å². The number of rotatable bonds is 62. The second kappa shape index (κ2) is 64.9. The number of hydrogen-bond acceptors (Lipinski definition) is 6. The molecule has 0 aromatic carbocycles. The van der Waals surface area contributed by atoms with Crippen molar-refractivity contribution in [1.29, 1.82) is 0 Å². The van der Waals surface area contributed by atoms with Crippen LogP contribution in [0, 0.1) is 0 Å². The lowest BCUT2D eigenvalue weighted by molar-refractivity contribution is -0.167. The number of carbonyl (C=O) groups excluding carboxylic acids is 3. The van der Waals surface area contributed by atoms with E-state index >= 15 is 0 Å². The first-order valence-electron chi connectivity index (χ1n) is 33.6. The van der Waals surface area contributed by atoms with Gasteiger partial charge in [0.2, 0.25) is 0 Å². The van der Waals surface area contributed by atoms with Crippen LogP contribution in [0.15, 0.2) is 48.6 Å². The molecule has 0 saturated heterocycles. The summed E-state index contributed by atoms with van der Waals surface area (Å²) in [6.45, 7) is 6.67. The topological polar surface area (TPSA) is 78.9 Å². The van der Waals surface area contributed by atoms with E-state index in [1.54, 1.807) is 0 Å². The zero-order valence-corrected chi connectivity index (χ0v) is 51.0. The second-order valence-corrected chi connectivity index (χ2v) is 22.7. The van der Waals surface area contributed by atoms with Crippen LogP contribution in [0.4, 0.5) is 0 Å². The van der Waals surface area contributed by atoms with Crippen molar-refractivity contribution in [2.24, 2.45) is 0 Å². The predicted octanol–water partition coefficient (Wildman–Crippen LogP) is 22.9. The maximum atomic E-state index is 12.9. The highest BCUT2D eigenvalue weighted by Gasteiger charge is 2.19. The minimum atomic E-state index is -0.776. The first-order valence-corrected chi connectivity index (χ1v) is 33.6. The third-order valence-electron chi connectivity index (χ3n) is 15.1. The maximum Gasteiger partial charge on any atom is 0.306 e. The Labute approximate surface area is 473 Å². The van der Waals surface area contributed by atoms with E-state index in [-0.39, 0.29) is 31.1 Å². The molecule has 0 spiro atoms. The number of hydrogen-bond donors (Lipinski definition) is 0. The molecular formula is C70H128O6. The molecule has 76 heavy (non-hydrogen) atoms. The zero-order valence-electron chi connectivity index (χ0n) is 51.0. The Morgan fingerprint density at radius 1 is 0.263 bits per heavy atom. The van der Waals surface area contributed by atoms with Gasteiger partial charge in [-0.25, -0.2) is 0 Å². The third kappa shape index (κ3) is 62.2. The lowest BCUT2D eigenvalue weighted by atomic mass is 10.0. The summed E-state index contributed by atoms with van der Waals surface area (Å²) >= 11 is 0. The first-order chi connectivity index (χ1) is 37.5. The summed E-state index contributed by atoms with van der Waals surface area (Å²) in [5.41, 5.74) is 0. The Kier molecular flexibility index (Phi) is 62.6. The molecule has 1 atom stereocenters. The quantitative estimate of drug-likeness (QED) is 0.0261. The molecule has 6 nitrogen and oxygen atoms in total. The summed E-state index contributed by atoms with van der Waals surface area (Å²) in [5.74, 6) is -0.857. The van der Waals surface area contributed by atoms with Crippen LogP contribution in [0.3, 0.4) is 0 Å². The molecule has 0 fully saturated rings. The lowest BCUT2D eigenvalue weighted by Crippen LogP contribution is -2.30. The largest absolute Gasteiger partial charge is 0.462 e. The first kappa shape index (κ1) is 73.4. The van der Waals surface area contributed by atoms with Crippen LogP contribution in [0.5, 0.6) is 0 Å². The van der Waals surface area contributed by atoms with Crippen molar-refractivity contribution in [2.45, 2.75) is 367 Å². The molecule has 0 aromatic heterocycles. The Balaban J connectivity index is 4.29. The van der Waals surface area contributed by atoms with Crippen molar-refractivity contribution in [1.82, 2.24) is 0 Å². The summed E-state index contributed by atoms with van der Waals surface area (Å²) in [4.78, 5) is 38.4. The van der Waals surface area contributed by atoms with Gasteiger partial charge in [-0.3, -0.25) is 14.4 Å². The molecule has 1 unspecified atom stereocenters. The molecule has 0 aliphatic heterocycles. The Morgan fingerprint density at radius 3 is 0.737 bits per heavy atom. The molecule has 0 N–H and O–H groups in total. The Hall–Kier alpha value is -2.63. The monoisotopic (exact) mass is 1060 g/mol. The average molecular weight is 1070 g/mol. The molecule has 444 valence electrons. The van der Waals surface area contributed by atoms with E-state index in [4.69, 9.17) is 14.2 Å². The molecule has 0 heterocycles. The van der Waals surface area contributed by atoms with Crippen LogP contribution >= 0.6 is 0 Å². The van der Waals surface area contributed by atoms with Gasteiger partial charge in [0.05, 0.1) is 0 Å². The van der Waals surface area contributed by atoms with Crippen LogP contribution in [-0.4, -0.2) is 37.2 Å². The molecule has 0 bridgehead atoms. The normalized spacial score (nSPS) is 12.3. The molecule has 0 rings (SSSR count). The number of unbranched alkanes of at least 4 members (excludes halogenated alkanes) is 43. The van der Waals surface area contributed by atoms with E-state index in [0.717, 1.165) is 77.0 Å². The van der Waals surface area contributed by atoms with Crippen molar-refractivity contribution < 1.29 is 28.6 Å².